The summed E-state index contributed by atoms with van der Waals surface area (Å²) in [6.45, 7) is 12.7. The van der Waals surface area contributed by atoms with Gasteiger partial charge in [-0.15, -0.1) is 11.3 Å². The predicted molar refractivity (Wildman–Crippen MR) is 244 cm³/mol. The smallest absolute Gasteiger partial charge is 0.0701 e. The van der Waals surface area contributed by atoms with E-state index in [1.54, 1.807) is 11.3 Å². The highest BCUT2D eigenvalue weighted by molar-refractivity contribution is 7.10. The van der Waals surface area contributed by atoms with Gasteiger partial charge in [0.05, 0.1) is 159 Å². The number of anilines is 2. The maximum Gasteiger partial charge on any atom is 0.0701 e. The van der Waals surface area contributed by atoms with Crippen LogP contribution in [-0.4, -0.2) is 200 Å². The molecule has 0 saturated heterocycles. The summed E-state index contributed by atoms with van der Waals surface area (Å²) in [5.41, 5.74) is 4.59. The molecule has 1 heterocycles. The van der Waals surface area contributed by atoms with Gasteiger partial charge >= 0.3 is 0 Å². The van der Waals surface area contributed by atoms with Crippen molar-refractivity contribution >= 4 is 22.7 Å². The van der Waals surface area contributed by atoms with E-state index in [4.69, 9.17) is 67.4 Å². The summed E-state index contributed by atoms with van der Waals surface area (Å²) < 4.78 is 60.7. The third-order valence-electron chi connectivity index (χ3n) is 9.14. The molecular weight excluding hydrogens is 837 g/mol. The lowest BCUT2D eigenvalue weighted by Crippen LogP contribution is -2.30. The first-order valence-corrected chi connectivity index (χ1v) is 23.0. The maximum atomic E-state index is 8.81. The van der Waals surface area contributed by atoms with E-state index in [0.717, 1.165) is 24.3 Å². The Morgan fingerprint density at radius 3 is 1.25 bits per heavy atom. The topological polar surface area (TPSA) is 177 Å². The van der Waals surface area contributed by atoms with Gasteiger partial charge in [-0.2, -0.15) is 0 Å². The van der Waals surface area contributed by atoms with Crippen molar-refractivity contribution in [2.75, 3.05) is 195 Å². The molecule has 3 aromatic rings. The number of ether oxygens (including phenoxy) is 11. The molecular formula is C46H74N2O14S. The van der Waals surface area contributed by atoms with E-state index >= 15 is 0 Å². The minimum absolute atomic E-state index is 0.00957. The number of rotatable bonds is 45. The van der Waals surface area contributed by atoms with E-state index in [2.05, 4.69) is 76.3 Å². The number of aliphatic hydroxyl groups is 3. The first-order chi connectivity index (χ1) is 31.3. The van der Waals surface area contributed by atoms with Gasteiger partial charge in [0, 0.05) is 48.4 Å². The van der Waals surface area contributed by atoms with Crippen LogP contribution in [0.15, 0.2) is 66.0 Å². The summed E-state index contributed by atoms with van der Waals surface area (Å²) in [7, 11) is 0. The molecule has 3 rings (SSSR count). The minimum atomic E-state index is 0.00957. The Balaban J connectivity index is 1.45. The van der Waals surface area contributed by atoms with E-state index in [-0.39, 0.29) is 25.7 Å². The fourth-order valence-electron chi connectivity index (χ4n) is 6.08. The molecule has 0 spiro atoms. The van der Waals surface area contributed by atoms with Crippen LogP contribution in [0, 0.1) is 0 Å². The van der Waals surface area contributed by atoms with Gasteiger partial charge in [0.25, 0.3) is 0 Å². The standard InChI is InChI=1S/C46H74N2O14S/c49-15-21-55-27-33-58-30-24-52-18-2-13-48(14-20-54-26-32-60-37-39-62-35-29-57-23-17-51)44-10-6-42(7-11-44)46(45-3-1-40-63-45)41-4-8-43(9-5-41)47-12-19-53-25-31-59-36-38-61-34-28-56-22-16-50/h1,3-11,40,46-47,49-51H,2,12-39H2. The van der Waals surface area contributed by atoms with E-state index < -0.39 is 0 Å². The summed E-state index contributed by atoms with van der Waals surface area (Å²) in [4.78, 5) is 3.62. The quantitative estimate of drug-likeness (QED) is 0.0604. The Morgan fingerprint density at radius 1 is 0.429 bits per heavy atom. The summed E-state index contributed by atoms with van der Waals surface area (Å²) in [5, 5.41) is 31.8. The third kappa shape index (κ3) is 27.3. The van der Waals surface area contributed by atoms with Gasteiger partial charge in [0.2, 0.25) is 0 Å². The van der Waals surface area contributed by atoms with E-state index in [1.165, 1.54) is 16.0 Å². The molecule has 0 bridgehead atoms. The van der Waals surface area contributed by atoms with E-state index in [0.29, 0.717) is 158 Å². The second-order valence-corrected chi connectivity index (χ2v) is 14.8. The van der Waals surface area contributed by atoms with Crippen LogP contribution >= 0.6 is 11.3 Å². The van der Waals surface area contributed by atoms with Crippen molar-refractivity contribution in [1.29, 1.82) is 0 Å². The van der Waals surface area contributed by atoms with Crippen LogP contribution in [0.4, 0.5) is 11.4 Å². The summed E-state index contributed by atoms with van der Waals surface area (Å²) >= 11 is 1.76. The van der Waals surface area contributed by atoms with Gasteiger partial charge in [0.1, 0.15) is 0 Å². The molecule has 1 atom stereocenters. The van der Waals surface area contributed by atoms with Crippen molar-refractivity contribution in [2.45, 2.75) is 12.3 Å². The molecule has 0 radical (unpaired) electrons. The minimum Gasteiger partial charge on any atom is -0.394 e. The first kappa shape index (κ1) is 54.5. The lowest BCUT2D eigenvalue weighted by atomic mass is 9.89. The van der Waals surface area contributed by atoms with Crippen LogP contribution in [0.2, 0.25) is 0 Å². The van der Waals surface area contributed by atoms with Gasteiger partial charge in [-0.05, 0) is 53.3 Å². The molecule has 0 aliphatic heterocycles. The van der Waals surface area contributed by atoms with Crippen LogP contribution in [0.5, 0.6) is 0 Å². The van der Waals surface area contributed by atoms with Gasteiger partial charge in [-0.25, -0.2) is 0 Å². The summed E-state index contributed by atoms with van der Waals surface area (Å²) in [5.74, 6) is 0.0973. The SMILES string of the molecule is OCCOCCOCCOCCCN(CCOCCOCCOCCOCCO)c1ccc(C(c2ccc(NCCOCCOCCOCCOCCO)cc2)c2cccs2)cc1. The molecule has 17 heteroatoms. The molecule has 0 aliphatic carbocycles. The van der Waals surface area contributed by atoms with Crippen molar-refractivity contribution in [3.8, 4) is 0 Å². The number of nitrogens with one attached hydrogen (secondary N) is 1. The molecule has 0 saturated carbocycles. The fourth-order valence-corrected chi connectivity index (χ4v) is 6.96. The lowest BCUT2D eigenvalue weighted by molar-refractivity contribution is -0.00493. The lowest BCUT2D eigenvalue weighted by Gasteiger charge is -2.26. The monoisotopic (exact) mass is 910 g/mol. The zero-order chi connectivity index (χ0) is 44.5. The van der Waals surface area contributed by atoms with Crippen LogP contribution in [0.25, 0.3) is 0 Å². The van der Waals surface area contributed by atoms with Crippen LogP contribution in [0.1, 0.15) is 28.3 Å². The molecule has 0 fully saturated rings. The number of hydrogen-bond donors (Lipinski definition) is 4. The molecule has 16 nitrogen and oxygen atoms in total. The van der Waals surface area contributed by atoms with E-state index in [1.807, 2.05) is 0 Å². The number of benzene rings is 2. The molecule has 63 heavy (non-hydrogen) atoms. The molecule has 0 amide bonds. The molecule has 1 unspecified atom stereocenters. The number of hydrogen-bond acceptors (Lipinski definition) is 17. The average Bonchev–Trinajstić information content (AvgIpc) is 3.84. The zero-order valence-electron chi connectivity index (χ0n) is 37.1. The number of thiophene rings is 1. The van der Waals surface area contributed by atoms with Crippen molar-refractivity contribution in [3.63, 3.8) is 0 Å². The third-order valence-corrected chi connectivity index (χ3v) is 10.1. The normalized spacial score (nSPS) is 12.0. The number of aliphatic hydroxyl groups excluding tert-OH is 3. The Hall–Kier alpha value is -2.82. The Labute approximate surface area is 378 Å². The van der Waals surface area contributed by atoms with Crippen LogP contribution < -0.4 is 10.2 Å². The molecule has 0 aliphatic rings. The molecule has 1 aromatic heterocycles. The Morgan fingerprint density at radius 2 is 0.825 bits per heavy atom. The highest BCUT2D eigenvalue weighted by Crippen LogP contribution is 2.36. The fraction of sp³-hybridized carbons (Fsp3) is 0.652. The van der Waals surface area contributed by atoms with Crippen molar-refractivity contribution in [3.05, 3.63) is 82.0 Å². The highest BCUT2D eigenvalue weighted by atomic mass is 32.1. The van der Waals surface area contributed by atoms with Gasteiger partial charge in [-0.1, -0.05) is 30.3 Å². The first-order valence-electron chi connectivity index (χ1n) is 22.2. The van der Waals surface area contributed by atoms with Crippen molar-refractivity contribution in [2.24, 2.45) is 0 Å². The Bertz CT molecular complexity index is 1410. The predicted octanol–water partition coefficient (Wildman–Crippen LogP) is 3.70. The molecule has 4 N–H and O–H groups in total. The van der Waals surface area contributed by atoms with Gasteiger partial charge < -0.3 is 77.6 Å². The molecule has 358 valence electrons. The van der Waals surface area contributed by atoms with Crippen molar-refractivity contribution in [1.82, 2.24) is 0 Å². The van der Waals surface area contributed by atoms with Gasteiger partial charge in [-0.3, -0.25) is 0 Å². The Kier molecular flexibility index (Phi) is 34.2. The zero-order valence-corrected chi connectivity index (χ0v) is 37.9. The highest BCUT2D eigenvalue weighted by Gasteiger charge is 2.19. The summed E-state index contributed by atoms with van der Waals surface area (Å²) in [6, 6.07) is 21.8. The van der Waals surface area contributed by atoms with Gasteiger partial charge in [0.15, 0.2) is 0 Å². The number of nitrogens with zero attached hydrogens (tertiary/aromatic N) is 1. The van der Waals surface area contributed by atoms with Crippen LogP contribution in [0.3, 0.4) is 0 Å². The molecule has 2 aromatic carbocycles. The largest absolute Gasteiger partial charge is 0.394 e. The summed E-state index contributed by atoms with van der Waals surface area (Å²) in [6.07, 6.45) is 0.842. The second-order valence-electron chi connectivity index (χ2n) is 13.8. The van der Waals surface area contributed by atoms with E-state index in [9.17, 15) is 0 Å². The maximum absolute atomic E-state index is 8.81. The average molecular weight is 911 g/mol. The van der Waals surface area contributed by atoms with Crippen molar-refractivity contribution < 1.29 is 67.4 Å². The van der Waals surface area contributed by atoms with Crippen LogP contribution in [-0.2, 0) is 52.1 Å². The second kappa shape index (κ2) is 39.5.